The maximum Gasteiger partial charge on any atom is 0.191 e. The minimum atomic E-state index is -0.0383. The van der Waals surface area contributed by atoms with Gasteiger partial charge in [-0.25, -0.2) is 0 Å². The second-order valence-corrected chi connectivity index (χ2v) is 5.74. The Bertz CT molecular complexity index is 684. The van der Waals surface area contributed by atoms with Crippen molar-refractivity contribution in [1.82, 2.24) is 20.4 Å². The Kier molecular flexibility index (Phi) is 7.13. The molecule has 7 nitrogen and oxygen atoms in total. The van der Waals surface area contributed by atoms with Crippen LogP contribution >= 0.6 is 0 Å². The molecule has 1 aromatic carbocycles. The maximum atomic E-state index is 5.92. The van der Waals surface area contributed by atoms with Crippen LogP contribution in [0.5, 0.6) is 11.5 Å². The molecule has 0 saturated carbocycles. The Morgan fingerprint density at radius 1 is 1.28 bits per heavy atom. The highest BCUT2D eigenvalue weighted by Crippen LogP contribution is 2.26. The van der Waals surface area contributed by atoms with Crippen LogP contribution in [0.2, 0.25) is 0 Å². The summed E-state index contributed by atoms with van der Waals surface area (Å²) in [5, 5.41) is 10.8. The quantitative estimate of drug-likeness (QED) is 0.564. The zero-order valence-electron chi connectivity index (χ0n) is 15.3. The molecule has 0 aliphatic heterocycles. The van der Waals surface area contributed by atoms with Gasteiger partial charge in [-0.15, -0.1) is 0 Å². The summed E-state index contributed by atoms with van der Waals surface area (Å²) in [5.41, 5.74) is 1.16. The van der Waals surface area contributed by atoms with Gasteiger partial charge in [0.15, 0.2) is 17.5 Å². The van der Waals surface area contributed by atoms with Crippen LogP contribution in [0.15, 0.2) is 41.7 Å². The number of aromatic nitrogens is 2. The van der Waals surface area contributed by atoms with E-state index < -0.39 is 0 Å². The summed E-state index contributed by atoms with van der Waals surface area (Å²) in [6.45, 7) is 6.17. The summed E-state index contributed by atoms with van der Waals surface area (Å²) in [5.74, 6) is 2.20. The predicted molar refractivity (Wildman–Crippen MR) is 99.4 cm³/mol. The lowest BCUT2D eigenvalue weighted by atomic mass is 10.3. The normalized spacial score (nSPS) is 12.6. The highest BCUT2D eigenvalue weighted by Gasteiger charge is 2.09. The fourth-order valence-corrected chi connectivity index (χ4v) is 2.31. The Hall–Kier alpha value is -2.70. The molecule has 0 aliphatic carbocycles. The number of rotatable bonds is 8. The van der Waals surface area contributed by atoms with Crippen molar-refractivity contribution in [2.45, 2.75) is 26.5 Å². The van der Waals surface area contributed by atoms with Gasteiger partial charge in [-0.05, 0) is 31.5 Å². The number of aryl methyl sites for hydroxylation is 1. The van der Waals surface area contributed by atoms with E-state index in [2.05, 4.69) is 20.7 Å². The third-order valence-corrected chi connectivity index (χ3v) is 3.57. The van der Waals surface area contributed by atoms with Gasteiger partial charge in [0.2, 0.25) is 0 Å². The molecule has 0 saturated heterocycles. The van der Waals surface area contributed by atoms with Crippen LogP contribution in [-0.4, -0.2) is 49.1 Å². The van der Waals surface area contributed by atoms with E-state index in [1.165, 1.54) is 0 Å². The lowest BCUT2D eigenvalue weighted by Gasteiger charge is -2.19. The lowest BCUT2D eigenvalue weighted by molar-refractivity contribution is 0.213. The number of para-hydroxylation sites is 2. The van der Waals surface area contributed by atoms with Crippen LogP contribution < -0.4 is 20.1 Å². The Balaban J connectivity index is 1.74. The zero-order chi connectivity index (χ0) is 18.1. The molecule has 2 aromatic rings. The van der Waals surface area contributed by atoms with Gasteiger partial charge in [0, 0.05) is 19.8 Å². The molecule has 25 heavy (non-hydrogen) atoms. The predicted octanol–water partition coefficient (Wildman–Crippen LogP) is 1.83. The van der Waals surface area contributed by atoms with Gasteiger partial charge in [-0.1, -0.05) is 12.1 Å². The third kappa shape index (κ3) is 6.02. The number of hydrogen-bond donors (Lipinski definition) is 2. The van der Waals surface area contributed by atoms with Crippen molar-refractivity contribution < 1.29 is 9.47 Å². The van der Waals surface area contributed by atoms with Crippen LogP contribution in [-0.2, 0) is 6.54 Å². The molecule has 0 spiro atoms. The minimum Gasteiger partial charge on any atom is -0.493 e. The molecule has 136 valence electrons. The molecular formula is C18H27N5O2. The largest absolute Gasteiger partial charge is 0.493 e. The second kappa shape index (κ2) is 9.56. The smallest absolute Gasteiger partial charge is 0.191 e. The van der Waals surface area contributed by atoms with Crippen LogP contribution in [0.3, 0.4) is 0 Å². The number of guanidine groups is 1. The van der Waals surface area contributed by atoms with E-state index in [4.69, 9.17) is 9.47 Å². The third-order valence-electron chi connectivity index (χ3n) is 3.57. The maximum absolute atomic E-state index is 5.92. The lowest BCUT2D eigenvalue weighted by Crippen LogP contribution is -2.42. The molecule has 0 aliphatic rings. The van der Waals surface area contributed by atoms with Gasteiger partial charge in [0.05, 0.1) is 26.4 Å². The average molecular weight is 345 g/mol. The van der Waals surface area contributed by atoms with Crippen molar-refractivity contribution in [2.75, 3.05) is 27.2 Å². The van der Waals surface area contributed by atoms with E-state index in [0.29, 0.717) is 6.54 Å². The molecular weight excluding hydrogens is 318 g/mol. The first-order chi connectivity index (χ1) is 12.1. The Labute approximate surface area is 149 Å². The van der Waals surface area contributed by atoms with Crippen LogP contribution in [0, 0.1) is 6.92 Å². The van der Waals surface area contributed by atoms with E-state index in [-0.39, 0.29) is 6.10 Å². The zero-order valence-corrected chi connectivity index (χ0v) is 15.3. The fourth-order valence-electron chi connectivity index (χ4n) is 2.31. The molecule has 2 N–H and O–H groups in total. The number of hydrogen-bond acceptors (Lipinski definition) is 4. The van der Waals surface area contributed by atoms with Crippen molar-refractivity contribution in [1.29, 1.82) is 0 Å². The van der Waals surface area contributed by atoms with Crippen LogP contribution in [0.25, 0.3) is 0 Å². The fraction of sp³-hybridized carbons (Fsp3) is 0.444. The van der Waals surface area contributed by atoms with Gasteiger partial charge in [0.1, 0.15) is 6.10 Å². The summed E-state index contributed by atoms with van der Waals surface area (Å²) in [6, 6.07) is 7.62. The van der Waals surface area contributed by atoms with Crippen molar-refractivity contribution in [3.63, 3.8) is 0 Å². The number of benzene rings is 1. The molecule has 1 unspecified atom stereocenters. The monoisotopic (exact) mass is 345 g/mol. The number of methoxy groups -OCH3 is 1. The molecule has 1 heterocycles. The molecule has 0 amide bonds. The number of aliphatic imine (C=N–C) groups is 1. The first kappa shape index (κ1) is 18.6. The van der Waals surface area contributed by atoms with E-state index in [0.717, 1.165) is 36.1 Å². The van der Waals surface area contributed by atoms with E-state index >= 15 is 0 Å². The standard InChI is InChI=1S/C18H27N5O2/c1-14-11-22-23(13-14)10-9-20-18(19-3)21-12-15(2)25-17-8-6-5-7-16(17)24-4/h5-8,11,13,15H,9-10,12H2,1-4H3,(H2,19,20,21). The van der Waals surface area contributed by atoms with Gasteiger partial charge in [-0.2, -0.15) is 5.10 Å². The molecule has 1 aromatic heterocycles. The van der Waals surface area contributed by atoms with Crippen molar-refractivity contribution in [3.05, 3.63) is 42.2 Å². The Morgan fingerprint density at radius 3 is 2.68 bits per heavy atom. The number of nitrogens with one attached hydrogen (secondary N) is 2. The van der Waals surface area contributed by atoms with Gasteiger partial charge in [-0.3, -0.25) is 9.67 Å². The SMILES string of the molecule is CN=C(NCCn1cc(C)cn1)NCC(C)Oc1ccccc1OC. The molecule has 0 bridgehead atoms. The summed E-state index contributed by atoms with van der Waals surface area (Å²) in [4.78, 5) is 4.22. The molecule has 7 heteroatoms. The highest BCUT2D eigenvalue weighted by atomic mass is 16.5. The first-order valence-corrected chi connectivity index (χ1v) is 8.35. The van der Waals surface area contributed by atoms with Crippen molar-refractivity contribution in [2.24, 2.45) is 4.99 Å². The summed E-state index contributed by atoms with van der Waals surface area (Å²) >= 11 is 0. The van der Waals surface area contributed by atoms with E-state index in [9.17, 15) is 0 Å². The van der Waals surface area contributed by atoms with Gasteiger partial charge < -0.3 is 20.1 Å². The molecule has 0 fully saturated rings. The van der Waals surface area contributed by atoms with Crippen molar-refractivity contribution >= 4 is 5.96 Å². The summed E-state index contributed by atoms with van der Waals surface area (Å²) in [7, 11) is 3.39. The summed E-state index contributed by atoms with van der Waals surface area (Å²) in [6.07, 6.45) is 3.83. The summed E-state index contributed by atoms with van der Waals surface area (Å²) < 4.78 is 13.1. The van der Waals surface area contributed by atoms with Gasteiger partial charge >= 0.3 is 0 Å². The number of nitrogens with zero attached hydrogens (tertiary/aromatic N) is 3. The Morgan fingerprint density at radius 2 is 2.04 bits per heavy atom. The molecule has 1 atom stereocenters. The molecule has 2 rings (SSSR count). The second-order valence-electron chi connectivity index (χ2n) is 5.74. The van der Waals surface area contributed by atoms with E-state index in [1.54, 1.807) is 14.2 Å². The average Bonchev–Trinajstić information content (AvgIpc) is 3.03. The van der Waals surface area contributed by atoms with Crippen LogP contribution in [0.1, 0.15) is 12.5 Å². The minimum absolute atomic E-state index is 0.0383. The molecule has 0 radical (unpaired) electrons. The number of ether oxygens (including phenoxy) is 2. The van der Waals surface area contributed by atoms with E-state index in [1.807, 2.05) is 55.2 Å². The highest BCUT2D eigenvalue weighted by molar-refractivity contribution is 5.79. The van der Waals surface area contributed by atoms with Crippen LogP contribution in [0.4, 0.5) is 0 Å². The topological polar surface area (TPSA) is 72.7 Å². The van der Waals surface area contributed by atoms with Crippen molar-refractivity contribution in [3.8, 4) is 11.5 Å². The first-order valence-electron chi connectivity index (χ1n) is 8.35. The van der Waals surface area contributed by atoms with Gasteiger partial charge in [0.25, 0.3) is 0 Å².